The minimum Gasteiger partial charge on any atom is -0.436 e. The van der Waals surface area contributed by atoms with E-state index in [0.717, 1.165) is 38.9 Å². The van der Waals surface area contributed by atoms with E-state index in [1.165, 1.54) is 12.8 Å². The summed E-state index contributed by atoms with van der Waals surface area (Å²) in [5.41, 5.74) is 0.667. The molecular weight excluding hydrogens is 344 g/mol. The number of likely N-dealkylation sites (tertiary alicyclic amines) is 2. The van der Waals surface area contributed by atoms with E-state index in [9.17, 15) is 9.59 Å². The second-order valence-corrected chi connectivity index (χ2v) is 8.10. The van der Waals surface area contributed by atoms with Gasteiger partial charge in [-0.25, -0.2) is 4.98 Å². The van der Waals surface area contributed by atoms with Crippen LogP contribution in [0.4, 0.5) is 0 Å². The number of rotatable bonds is 4. The SMILES string of the molecule is Cc1nc(C)c(C(=O)N2CCC(C3CCCCN3CC(=O)N(C)C)CC2)o1. The lowest BCUT2D eigenvalue weighted by atomic mass is 9.83. The van der Waals surface area contributed by atoms with Crippen molar-refractivity contribution >= 4 is 11.8 Å². The Bertz CT molecular complexity index is 677. The van der Waals surface area contributed by atoms with Crippen LogP contribution in [0.1, 0.15) is 54.2 Å². The highest BCUT2D eigenvalue weighted by molar-refractivity contribution is 5.92. The molecule has 27 heavy (non-hydrogen) atoms. The van der Waals surface area contributed by atoms with Crippen molar-refractivity contribution in [3.8, 4) is 0 Å². The van der Waals surface area contributed by atoms with E-state index in [1.54, 1.807) is 11.8 Å². The zero-order chi connectivity index (χ0) is 19.6. The van der Waals surface area contributed by atoms with E-state index < -0.39 is 0 Å². The number of piperidine rings is 2. The predicted octanol–water partition coefficient (Wildman–Crippen LogP) is 2.09. The maximum absolute atomic E-state index is 12.7. The van der Waals surface area contributed by atoms with Crippen LogP contribution in [0.25, 0.3) is 0 Å². The van der Waals surface area contributed by atoms with E-state index in [-0.39, 0.29) is 11.8 Å². The van der Waals surface area contributed by atoms with Crippen LogP contribution in [0.15, 0.2) is 4.42 Å². The lowest BCUT2D eigenvalue weighted by Gasteiger charge is -2.43. The van der Waals surface area contributed by atoms with E-state index in [4.69, 9.17) is 4.42 Å². The second kappa shape index (κ2) is 8.42. The number of carbonyl (C=O) groups excluding carboxylic acids is 2. The molecule has 0 aliphatic carbocycles. The third kappa shape index (κ3) is 4.51. The second-order valence-electron chi connectivity index (χ2n) is 8.10. The van der Waals surface area contributed by atoms with Gasteiger partial charge in [0.05, 0.1) is 12.2 Å². The summed E-state index contributed by atoms with van der Waals surface area (Å²) < 4.78 is 5.50. The highest BCUT2D eigenvalue weighted by Crippen LogP contribution is 2.31. The van der Waals surface area contributed by atoms with Gasteiger partial charge in [0.15, 0.2) is 5.89 Å². The molecule has 3 heterocycles. The summed E-state index contributed by atoms with van der Waals surface area (Å²) in [6.07, 6.45) is 5.51. The Morgan fingerprint density at radius 3 is 2.41 bits per heavy atom. The Morgan fingerprint density at radius 2 is 1.81 bits per heavy atom. The molecular formula is C20H32N4O3. The number of hydrogen-bond acceptors (Lipinski definition) is 5. The molecule has 2 amide bonds. The van der Waals surface area contributed by atoms with Crippen LogP contribution in [-0.4, -0.2) is 77.8 Å². The van der Waals surface area contributed by atoms with Crippen LogP contribution >= 0.6 is 0 Å². The molecule has 1 unspecified atom stereocenters. The maximum Gasteiger partial charge on any atom is 0.291 e. The van der Waals surface area contributed by atoms with Crippen LogP contribution < -0.4 is 0 Å². The van der Waals surface area contributed by atoms with Crippen molar-refractivity contribution in [3.63, 3.8) is 0 Å². The summed E-state index contributed by atoms with van der Waals surface area (Å²) in [4.78, 5) is 35.1. The largest absolute Gasteiger partial charge is 0.436 e. The van der Waals surface area contributed by atoms with Crippen molar-refractivity contribution in [1.82, 2.24) is 19.7 Å². The third-order valence-electron chi connectivity index (χ3n) is 5.97. The molecule has 1 aromatic rings. The number of likely N-dealkylation sites (N-methyl/N-ethyl adjacent to an activating group) is 1. The zero-order valence-corrected chi connectivity index (χ0v) is 17.0. The van der Waals surface area contributed by atoms with Gasteiger partial charge in [0.25, 0.3) is 5.91 Å². The molecule has 7 heteroatoms. The fraction of sp³-hybridized carbons (Fsp3) is 0.750. The smallest absolute Gasteiger partial charge is 0.291 e. The molecule has 3 rings (SSSR count). The van der Waals surface area contributed by atoms with Gasteiger partial charge in [0.1, 0.15) is 0 Å². The first-order valence-corrected chi connectivity index (χ1v) is 10.0. The summed E-state index contributed by atoms with van der Waals surface area (Å²) in [6, 6.07) is 0.453. The van der Waals surface area contributed by atoms with Crippen LogP contribution in [-0.2, 0) is 4.79 Å². The monoisotopic (exact) mass is 376 g/mol. The number of carbonyl (C=O) groups is 2. The molecule has 0 bridgehead atoms. The first-order chi connectivity index (χ1) is 12.9. The number of hydrogen-bond donors (Lipinski definition) is 0. The first-order valence-electron chi connectivity index (χ1n) is 10.0. The average Bonchev–Trinajstić information content (AvgIpc) is 3.00. The van der Waals surface area contributed by atoms with Crippen LogP contribution in [0.3, 0.4) is 0 Å². The maximum atomic E-state index is 12.7. The number of nitrogens with zero attached hydrogens (tertiary/aromatic N) is 4. The Hall–Kier alpha value is -1.89. The molecule has 0 saturated carbocycles. The Labute approximate surface area is 161 Å². The van der Waals surface area contributed by atoms with Gasteiger partial charge >= 0.3 is 0 Å². The molecule has 2 fully saturated rings. The molecule has 1 atom stereocenters. The van der Waals surface area contributed by atoms with Crippen LogP contribution in [0.2, 0.25) is 0 Å². The highest BCUT2D eigenvalue weighted by Gasteiger charge is 2.35. The van der Waals surface area contributed by atoms with Gasteiger partial charge < -0.3 is 14.2 Å². The van der Waals surface area contributed by atoms with Gasteiger partial charge in [-0.3, -0.25) is 14.5 Å². The minimum absolute atomic E-state index is 0.0464. The fourth-order valence-corrected chi connectivity index (χ4v) is 4.42. The van der Waals surface area contributed by atoms with Gasteiger partial charge in [-0.2, -0.15) is 0 Å². The van der Waals surface area contributed by atoms with Crippen molar-refractivity contribution in [3.05, 3.63) is 17.3 Å². The molecule has 2 aliphatic rings. The predicted molar refractivity (Wildman–Crippen MR) is 103 cm³/mol. The molecule has 150 valence electrons. The molecule has 7 nitrogen and oxygen atoms in total. The first kappa shape index (κ1) is 19.9. The molecule has 2 saturated heterocycles. The molecule has 1 aromatic heterocycles. The van der Waals surface area contributed by atoms with E-state index in [0.29, 0.717) is 35.8 Å². The Balaban J connectivity index is 1.59. The number of amides is 2. The van der Waals surface area contributed by atoms with Gasteiger partial charge in [-0.1, -0.05) is 6.42 Å². The summed E-state index contributed by atoms with van der Waals surface area (Å²) >= 11 is 0. The van der Waals surface area contributed by atoms with Crippen molar-refractivity contribution in [1.29, 1.82) is 0 Å². The van der Waals surface area contributed by atoms with Crippen molar-refractivity contribution in [2.24, 2.45) is 5.92 Å². The van der Waals surface area contributed by atoms with E-state index in [2.05, 4.69) is 9.88 Å². The Morgan fingerprint density at radius 1 is 1.11 bits per heavy atom. The minimum atomic E-state index is -0.0464. The number of aromatic nitrogens is 1. The van der Waals surface area contributed by atoms with Crippen LogP contribution in [0, 0.1) is 19.8 Å². The summed E-state index contributed by atoms with van der Waals surface area (Å²) in [5, 5.41) is 0. The highest BCUT2D eigenvalue weighted by atomic mass is 16.4. The van der Waals surface area contributed by atoms with E-state index in [1.807, 2.05) is 25.9 Å². The lowest BCUT2D eigenvalue weighted by Crippen LogP contribution is -2.51. The van der Waals surface area contributed by atoms with Crippen molar-refractivity contribution < 1.29 is 14.0 Å². The quantitative estimate of drug-likeness (QED) is 0.805. The van der Waals surface area contributed by atoms with Crippen molar-refractivity contribution in [2.45, 2.75) is 52.0 Å². The van der Waals surface area contributed by atoms with Crippen LogP contribution in [0.5, 0.6) is 0 Å². The van der Waals surface area contributed by atoms with Gasteiger partial charge in [0.2, 0.25) is 11.7 Å². The molecule has 0 aromatic carbocycles. The number of oxazole rings is 1. The average molecular weight is 377 g/mol. The standard InChI is InChI=1S/C20H32N4O3/c1-14-19(27-15(2)21-14)20(26)23-11-8-16(9-12-23)17-7-5-6-10-24(17)13-18(25)22(3)4/h16-17H,5-13H2,1-4H3. The van der Waals surface area contributed by atoms with E-state index >= 15 is 0 Å². The van der Waals surface area contributed by atoms with Gasteiger partial charge in [-0.05, 0) is 45.1 Å². The van der Waals surface area contributed by atoms with Gasteiger partial charge in [-0.15, -0.1) is 0 Å². The molecule has 2 aliphatic heterocycles. The fourth-order valence-electron chi connectivity index (χ4n) is 4.42. The Kier molecular flexibility index (Phi) is 6.19. The lowest BCUT2D eigenvalue weighted by molar-refractivity contribution is -0.131. The normalized spacial score (nSPS) is 22.1. The molecule has 0 radical (unpaired) electrons. The van der Waals surface area contributed by atoms with Gasteiger partial charge in [0, 0.05) is 40.2 Å². The topological polar surface area (TPSA) is 69.9 Å². The third-order valence-corrected chi connectivity index (χ3v) is 5.97. The number of aryl methyl sites for hydroxylation is 2. The summed E-state index contributed by atoms with van der Waals surface area (Å²) in [5.74, 6) is 1.58. The summed E-state index contributed by atoms with van der Waals surface area (Å²) in [7, 11) is 3.64. The molecule has 0 spiro atoms. The van der Waals surface area contributed by atoms with Crippen molar-refractivity contribution in [2.75, 3.05) is 40.3 Å². The summed E-state index contributed by atoms with van der Waals surface area (Å²) in [6.45, 7) is 6.58. The molecule has 0 N–H and O–H groups in total. The zero-order valence-electron chi connectivity index (χ0n) is 17.0.